The number of benzene rings is 1. The zero-order valence-electron chi connectivity index (χ0n) is 9.37. The van der Waals surface area contributed by atoms with E-state index in [4.69, 9.17) is 5.73 Å². The number of nitrogens with zero attached hydrogens (tertiary/aromatic N) is 1. The van der Waals surface area contributed by atoms with Crippen LogP contribution in [-0.2, 0) is 5.41 Å². The highest BCUT2D eigenvalue weighted by Gasteiger charge is 2.40. The number of rotatable bonds is 3. The first-order valence-corrected chi connectivity index (χ1v) is 5.99. The van der Waals surface area contributed by atoms with E-state index in [-0.39, 0.29) is 5.41 Å². The van der Waals surface area contributed by atoms with Crippen molar-refractivity contribution in [3.63, 3.8) is 0 Å². The van der Waals surface area contributed by atoms with Crippen LogP contribution in [0.3, 0.4) is 0 Å². The summed E-state index contributed by atoms with van der Waals surface area (Å²) in [6, 6.07) is 8.33. The summed E-state index contributed by atoms with van der Waals surface area (Å²) in [5, 5.41) is 8.89. The molecular formula is C13H17N3. The molecule has 0 atom stereocenters. The molecule has 0 spiro atoms. The Bertz CT molecular complexity index is 497. The predicted octanol–water partition coefficient (Wildman–Crippen LogP) is 2.33. The van der Waals surface area contributed by atoms with Gasteiger partial charge >= 0.3 is 0 Å². The molecule has 1 aromatic heterocycles. The molecular weight excluding hydrogens is 198 g/mol. The summed E-state index contributed by atoms with van der Waals surface area (Å²) in [5.41, 5.74) is 8.40. The highest BCUT2D eigenvalue weighted by molar-refractivity contribution is 5.82. The van der Waals surface area contributed by atoms with Crippen molar-refractivity contribution in [2.24, 2.45) is 5.73 Å². The lowest BCUT2D eigenvalue weighted by Crippen LogP contribution is -2.36. The van der Waals surface area contributed by atoms with Crippen LogP contribution in [0.25, 0.3) is 10.9 Å². The van der Waals surface area contributed by atoms with Crippen LogP contribution in [0.2, 0.25) is 0 Å². The third-order valence-corrected chi connectivity index (χ3v) is 3.93. The maximum absolute atomic E-state index is 5.74. The highest BCUT2D eigenvalue weighted by Crippen LogP contribution is 2.47. The highest BCUT2D eigenvalue weighted by atomic mass is 15.1. The third kappa shape index (κ3) is 1.28. The number of H-pyrrole nitrogens is 1. The van der Waals surface area contributed by atoms with E-state index in [1.807, 2.05) is 6.07 Å². The third-order valence-electron chi connectivity index (χ3n) is 3.93. The Balaban J connectivity index is 2.10. The fraction of sp³-hybridized carbons (Fsp3) is 0.462. The van der Waals surface area contributed by atoms with Gasteiger partial charge in [-0.15, -0.1) is 0 Å². The summed E-state index contributed by atoms with van der Waals surface area (Å²) in [7, 11) is 0. The summed E-state index contributed by atoms with van der Waals surface area (Å²) in [4.78, 5) is 0. The van der Waals surface area contributed by atoms with Gasteiger partial charge in [-0.1, -0.05) is 24.6 Å². The Labute approximate surface area is 95.0 Å². The standard InChI is InChI=1S/C13H17N3/c14-9-8-13(6-3-7-13)12-10-4-1-2-5-11(10)15-16-12/h1-2,4-5H,3,6-9,14H2,(H,15,16). The maximum atomic E-state index is 5.74. The summed E-state index contributed by atoms with van der Waals surface area (Å²) in [6.45, 7) is 0.757. The van der Waals surface area contributed by atoms with Crippen LogP contribution in [0, 0.1) is 0 Å². The van der Waals surface area contributed by atoms with Gasteiger partial charge in [0.1, 0.15) is 0 Å². The fourth-order valence-corrected chi connectivity index (χ4v) is 2.87. The van der Waals surface area contributed by atoms with Gasteiger partial charge in [-0.05, 0) is 31.9 Å². The molecule has 84 valence electrons. The molecule has 2 aromatic rings. The van der Waals surface area contributed by atoms with Crippen molar-refractivity contribution < 1.29 is 0 Å². The first-order valence-electron chi connectivity index (χ1n) is 5.99. The molecule has 0 saturated heterocycles. The Morgan fingerprint density at radius 2 is 2.12 bits per heavy atom. The lowest BCUT2D eigenvalue weighted by molar-refractivity contribution is 0.224. The average molecular weight is 215 g/mol. The van der Waals surface area contributed by atoms with E-state index < -0.39 is 0 Å². The molecule has 0 amide bonds. The number of hydrogen-bond acceptors (Lipinski definition) is 2. The molecule has 0 bridgehead atoms. The minimum absolute atomic E-state index is 0.283. The molecule has 1 aliphatic rings. The number of nitrogens with one attached hydrogen (secondary N) is 1. The van der Waals surface area contributed by atoms with Gasteiger partial charge in [-0.3, -0.25) is 5.10 Å². The first kappa shape index (κ1) is 9.85. The molecule has 3 heteroatoms. The van der Waals surface area contributed by atoms with Gasteiger partial charge in [0.25, 0.3) is 0 Å². The Morgan fingerprint density at radius 3 is 2.81 bits per heavy atom. The lowest BCUT2D eigenvalue weighted by atomic mass is 9.64. The van der Waals surface area contributed by atoms with Gasteiger partial charge in [0.15, 0.2) is 0 Å². The number of fused-ring (bicyclic) bond motifs is 1. The van der Waals surface area contributed by atoms with Crippen molar-refractivity contribution >= 4 is 10.9 Å². The average Bonchev–Trinajstić information content (AvgIpc) is 2.68. The van der Waals surface area contributed by atoms with Crippen molar-refractivity contribution in [2.45, 2.75) is 31.1 Å². The smallest absolute Gasteiger partial charge is 0.0923 e. The molecule has 1 saturated carbocycles. The van der Waals surface area contributed by atoms with Crippen LogP contribution in [0.4, 0.5) is 0 Å². The summed E-state index contributed by atoms with van der Waals surface area (Å²) in [5.74, 6) is 0. The molecule has 3 N–H and O–H groups in total. The molecule has 3 nitrogen and oxygen atoms in total. The summed E-state index contributed by atoms with van der Waals surface area (Å²) < 4.78 is 0. The van der Waals surface area contributed by atoms with Crippen molar-refractivity contribution in [1.82, 2.24) is 10.2 Å². The fourth-order valence-electron chi connectivity index (χ4n) is 2.87. The molecule has 16 heavy (non-hydrogen) atoms. The van der Waals surface area contributed by atoms with E-state index in [2.05, 4.69) is 28.4 Å². The monoisotopic (exact) mass is 215 g/mol. The van der Waals surface area contributed by atoms with E-state index in [9.17, 15) is 0 Å². The Hall–Kier alpha value is -1.35. The number of hydrogen-bond donors (Lipinski definition) is 2. The first-order chi connectivity index (χ1) is 7.86. The summed E-state index contributed by atoms with van der Waals surface area (Å²) >= 11 is 0. The minimum atomic E-state index is 0.283. The van der Waals surface area contributed by atoms with Gasteiger partial charge in [0, 0.05) is 16.5 Å². The van der Waals surface area contributed by atoms with Crippen LogP contribution in [0.1, 0.15) is 31.4 Å². The van der Waals surface area contributed by atoms with Crippen molar-refractivity contribution in [3.8, 4) is 0 Å². The Morgan fingerprint density at radius 1 is 1.31 bits per heavy atom. The number of aromatic amines is 1. The van der Waals surface area contributed by atoms with E-state index in [1.165, 1.54) is 30.3 Å². The largest absolute Gasteiger partial charge is 0.330 e. The van der Waals surface area contributed by atoms with Crippen LogP contribution >= 0.6 is 0 Å². The maximum Gasteiger partial charge on any atom is 0.0923 e. The van der Waals surface area contributed by atoms with Gasteiger partial charge in [0.05, 0.1) is 5.52 Å². The summed E-state index contributed by atoms with van der Waals surface area (Å²) in [6.07, 6.45) is 4.87. The normalized spacial score (nSPS) is 18.6. The van der Waals surface area contributed by atoms with Crippen LogP contribution in [-0.4, -0.2) is 16.7 Å². The molecule has 1 aromatic carbocycles. The molecule has 1 fully saturated rings. The van der Waals surface area contributed by atoms with E-state index in [1.54, 1.807) is 0 Å². The quantitative estimate of drug-likeness (QED) is 0.825. The Kier molecular flexibility index (Phi) is 2.21. The predicted molar refractivity (Wildman–Crippen MR) is 65.3 cm³/mol. The van der Waals surface area contributed by atoms with Crippen LogP contribution < -0.4 is 5.73 Å². The van der Waals surface area contributed by atoms with E-state index >= 15 is 0 Å². The van der Waals surface area contributed by atoms with Crippen molar-refractivity contribution in [1.29, 1.82) is 0 Å². The SMILES string of the molecule is NCCC1(c2[nH]nc3ccccc23)CCC1. The van der Waals surface area contributed by atoms with E-state index in [0.717, 1.165) is 18.5 Å². The minimum Gasteiger partial charge on any atom is -0.330 e. The second kappa shape index (κ2) is 3.59. The molecule has 0 radical (unpaired) electrons. The molecule has 1 aliphatic carbocycles. The van der Waals surface area contributed by atoms with Gasteiger partial charge < -0.3 is 5.73 Å². The second-order valence-corrected chi connectivity index (χ2v) is 4.79. The molecule has 0 unspecified atom stereocenters. The number of aromatic nitrogens is 2. The van der Waals surface area contributed by atoms with Gasteiger partial charge in [0.2, 0.25) is 0 Å². The number of para-hydroxylation sites is 1. The van der Waals surface area contributed by atoms with E-state index in [0.29, 0.717) is 0 Å². The zero-order chi connectivity index (χ0) is 11.0. The molecule has 0 aliphatic heterocycles. The van der Waals surface area contributed by atoms with Crippen molar-refractivity contribution in [3.05, 3.63) is 30.0 Å². The van der Waals surface area contributed by atoms with Gasteiger partial charge in [-0.2, -0.15) is 5.10 Å². The molecule has 1 heterocycles. The van der Waals surface area contributed by atoms with Crippen molar-refractivity contribution in [2.75, 3.05) is 6.54 Å². The second-order valence-electron chi connectivity index (χ2n) is 4.79. The topological polar surface area (TPSA) is 54.7 Å². The van der Waals surface area contributed by atoms with Crippen LogP contribution in [0.15, 0.2) is 24.3 Å². The number of nitrogens with two attached hydrogens (primary N) is 1. The molecule has 3 rings (SSSR count). The lowest BCUT2D eigenvalue weighted by Gasteiger charge is -2.41. The van der Waals surface area contributed by atoms with Crippen LogP contribution in [0.5, 0.6) is 0 Å². The van der Waals surface area contributed by atoms with Gasteiger partial charge in [-0.25, -0.2) is 0 Å². The zero-order valence-corrected chi connectivity index (χ0v) is 9.37.